The van der Waals surface area contributed by atoms with Crippen molar-refractivity contribution >= 4 is 15.7 Å². The molecule has 21 heavy (non-hydrogen) atoms. The van der Waals surface area contributed by atoms with Gasteiger partial charge in [-0.05, 0) is 30.5 Å². The van der Waals surface area contributed by atoms with E-state index in [4.69, 9.17) is 0 Å². The van der Waals surface area contributed by atoms with Crippen LogP contribution < -0.4 is 0 Å². The lowest BCUT2D eigenvalue weighted by atomic mass is 9.89. The Bertz CT molecular complexity index is 837. The van der Waals surface area contributed by atoms with Crippen LogP contribution in [0, 0.1) is 13.8 Å². The summed E-state index contributed by atoms with van der Waals surface area (Å²) in [5.41, 5.74) is 4.17. The smallest absolute Gasteiger partial charge is 0.199 e. The van der Waals surface area contributed by atoms with Crippen molar-refractivity contribution in [2.75, 3.05) is 0 Å². The van der Waals surface area contributed by atoms with Crippen LogP contribution in [-0.2, 0) is 10.0 Å². The van der Waals surface area contributed by atoms with Gasteiger partial charge in [0.2, 0.25) is 0 Å². The van der Waals surface area contributed by atoms with Gasteiger partial charge in [0.1, 0.15) is 0 Å². The molecule has 0 fully saturated rings. The first-order valence-electron chi connectivity index (χ1n) is 6.91. The highest BCUT2D eigenvalue weighted by Gasteiger charge is 2.32. The van der Waals surface area contributed by atoms with Crippen molar-refractivity contribution in [2.45, 2.75) is 31.6 Å². The van der Waals surface area contributed by atoms with Gasteiger partial charge in [0, 0.05) is 5.92 Å². The van der Waals surface area contributed by atoms with E-state index >= 15 is 0 Å². The number of aryl methyl sites for hydroxylation is 2. The molecule has 3 rings (SSSR count). The number of hydrogen-bond donors (Lipinski definition) is 0. The molecule has 0 saturated carbocycles. The zero-order valence-electron chi connectivity index (χ0n) is 12.3. The van der Waals surface area contributed by atoms with Gasteiger partial charge < -0.3 is 0 Å². The van der Waals surface area contributed by atoms with Crippen molar-refractivity contribution in [3.05, 3.63) is 64.7 Å². The van der Waals surface area contributed by atoms with E-state index in [9.17, 15) is 8.42 Å². The average Bonchev–Trinajstić information content (AvgIpc) is 2.42. The van der Waals surface area contributed by atoms with Crippen molar-refractivity contribution in [2.24, 2.45) is 4.40 Å². The van der Waals surface area contributed by atoms with Crippen molar-refractivity contribution in [1.29, 1.82) is 0 Å². The van der Waals surface area contributed by atoms with Crippen molar-refractivity contribution in [3.8, 4) is 0 Å². The Morgan fingerprint density at radius 1 is 1.05 bits per heavy atom. The largest absolute Gasteiger partial charge is 0.283 e. The first-order valence-corrected chi connectivity index (χ1v) is 8.35. The molecule has 3 nitrogen and oxygen atoms in total. The zero-order valence-corrected chi connectivity index (χ0v) is 13.1. The van der Waals surface area contributed by atoms with Gasteiger partial charge >= 0.3 is 0 Å². The SMILES string of the molecule is Cc1cc(C)c2c(c1)C(C)C(c1ccccc1)=NS2(=O)=O. The summed E-state index contributed by atoms with van der Waals surface area (Å²) in [5, 5.41) is 0. The van der Waals surface area contributed by atoms with Crippen LogP contribution in [0.2, 0.25) is 0 Å². The lowest BCUT2D eigenvalue weighted by molar-refractivity contribution is 0.594. The Morgan fingerprint density at radius 3 is 2.38 bits per heavy atom. The molecule has 108 valence electrons. The molecule has 0 amide bonds. The Morgan fingerprint density at radius 2 is 1.71 bits per heavy atom. The summed E-state index contributed by atoms with van der Waals surface area (Å²) in [6.45, 7) is 5.83. The maximum atomic E-state index is 12.5. The second-order valence-corrected chi connectivity index (χ2v) is 7.08. The van der Waals surface area contributed by atoms with Crippen LogP contribution in [-0.4, -0.2) is 14.1 Å². The fourth-order valence-corrected chi connectivity index (χ4v) is 4.59. The van der Waals surface area contributed by atoms with Crippen LogP contribution in [0.25, 0.3) is 0 Å². The normalized spacial score (nSPS) is 19.8. The molecule has 4 heteroatoms. The van der Waals surface area contributed by atoms with Gasteiger partial charge in [0.15, 0.2) is 0 Å². The number of fused-ring (bicyclic) bond motifs is 1. The molecule has 2 aromatic carbocycles. The molecule has 1 aliphatic rings. The Kier molecular flexibility index (Phi) is 3.21. The summed E-state index contributed by atoms with van der Waals surface area (Å²) in [5.74, 6) is -0.0375. The third-order valence-corrected chi connectivity index (χ3v) is 5.38. The maximum Gasteiger partial charge on any atom is 0.283 e. The first kappa shape index (κ1) is 14.0. The van der Waals surface area contributed by atoms with Gasteiger partial charge in [-0.25, -0.2) is 0 Å². The average molecular weight is 299 g/mol. The quantitative estimate of drug-likeness (QED) is 0.807. The molecule has 1 atom stereocenters. The predicted octanol–water partition coefficient (Wildman–Crippen LogP) is 3.60. The molecule has 2 aromatic rings. The molecule has 0 aromatic heterocycles. The summed E-state index contributed by atoms with van der Waals surface area (Å²) in [6, 6.07) is 13.4. The van der Waals surface area contributed by atoms with Crippen LogP contribution in [0.15, 0.2) is 51.8 Å². The summed E-state index contributed by atoms with van der Waals surface area (Å²) < 4.78 is 29.2. The van der Waals surface area contributed by atoms with Gasteiger partial charge in [-0.1, -0.05) is 55.0 Å². The van der Waals surface area contributed by atoms with E-state index in [1.54, 1.807) is 0 Å². The Labute approximate surface area is 125 Å². The van der Waals surface area contributed by atoms with Crippen LogP contribution in [0.5, 0.6) is 0 Å². The van der Waals surface area contributed by atoms with Crippen LogP contribution >= 0.6 is 0 Å². The number of nitrogens with zero attached hydrogens (tertiary/aromatic N) is 1. The van der Waals surface area contributed by atoms with Crippen molar-refractivity contribution < 1.29 is 8.42 Å². The second kappa shape index (κ2) is 4.81. The molecule has 0 spiro atoms. The monoisotopic (exact) mass is 299 g/mol. The van der Waals surface area contributed by atoms with Crippen LogP contribution in [0.4, 0.5) is 0 Å². The minimum Gasteiger partial charge on any atom is -0.199 e. The Balaban J connectivity index is 2.28. The molecule has 0 N–H and O–H groups in total. The van der Waals surface area contributed by atoms with E-state index in [2.05, 4.69) is 4.40 Å². The maximum absolute atomic E-state index is 12.5. The fourth-order valence-electron chi connectivity index (χ4n) is 2.97. The van der Waals surface area contributed by atoms with E-state index in [-0.39, 0.29) is 5.92 Å². The van der Waals surface area contributed by atoms with E-state index in [0.717, 1.165) is 22.3 Å². The third-order valence-electron chi connectivity index (χ3n) is 3.87. The molecule has 1 unspecified atom stereocenters. The lowest BCUT2D eigenvalue weighted by Crippen LogP contribution is -2.22. The molecule has 1 aliphatic heterocycles. The second-order valence-electron chi connectivity index (χ2n) is 5.54. The van der Waals surface area contributed by atoms with Gasteiger partial charge in [0.25, 0.3) is 10.0 Å². The number of sulfonamides is 1. The first-order chi connectivity index (χ1) is 9.90. The highest BCUT2D eigenvalue weighted by Crippen LogP contribution is 2.36. The molecule has 0 saturated heterocycles. The van der Waals surface area contributed by atoms with Crippen LogP contribution in [0.3, 0.4) is 0 Å². The molecular formula is C17H17NO2S. The van der Waals surface area contributed by atoms with Crippen molar-refractivity contribution in [1.82, 2.24) is 0 Å². The topological polar surface area (TPSA) is 46.5 Å². The number of rotatable bonds is 1. The number of benzene rings is 2. The highest BCUT2D eigenvalue weighted by molar-refractivity contribution is 7.90. The summed E-state index contributed by atoms with van der Waals surface area (Å²) in [7, 11) is -3.63. The summed E-state index contributed by atoms with van der Waals surface area (Å²) >= 11 is 0. The standard InChI is InChI=1S/C17H17NO2S/c1-11-9-12(2)17-15(10-11)13(3)16(18-21(17,19)20)14-7-5-4-6-8-14/h4-10,13H,1-3H3. The fraction of sp³-hybridized carbons (Fsp3) is 0.235. The lowest BCUT2D eigenvalue weighted by Gasteiger charge is -2.24. The predicted molar refractivity (Wildman–Crippen MR) is 84.5 cm³/mol. The van der Waals surface area contributed by atoms with Gasteiger partial charge in [0.05, 0.1) is 10.6 Å². The molecule has 0 radical (unpaired) electrons. The van der Waals surface area contributed by atoms with E-state index in [1.165, 1.54) is 0 Å². The minimum absolute atomic E-state index is 0.0375. The zero-order chi connectivity index (χ0) is 15.2. The van der Waals surface area contributed by atoms with Gasteiger partial charge in [-0.15, -0.1) is 0 Å². The highest BCUT2D eigenvalue weighted by atomic mass is 32.2. The number of hydrogen-bond acceptors (Lipinski definition) is 2. The Hall–Kier alpha value is -1.94. The van der Waals surface area contributed by atoms with E-state index < -0.39 is 10.0 Å². The van der Waals surface area contributed by atoms with E-state index in [1.807, 2.05) is 63.2 Å². The minimum atomic E-state index is -3.63. The molecule has 1 heterocycles. The summed E-state index contributed by atoms with van der Waals surface area (Å²) in [6.07, 6.45) is 0. The molecule has 0 bridgehead atoms. The molecular weight excluding hydrogens is 282 g/mol. The van der Waals surface area contributed by atoms with E-state index in [0.29, 0.717) is 10.6 Å². The van der Waals surface area contributed by atoms with Crippen molar-refractivity contribution in [3.63, 3.8) is 0 Å². The van der Waals surface area contributed by atoms with Crippen LogP contribution in [0.1, 0.15) is 35.1 Å². The molecule has 0 aliphatic carbocycles. The van der Waals surface area contributed by atoms with Gasteiger partial charge in [-0.3, -0.25) is 0 Å². The third kappa shape index (κ3) is 2.29. The summed E-state index contributed by atoms with van der Waals surface area (Å²) in [4.78, 5) is 0.375. The van der Waals surface area contributed by atoms with Gasteiger partial charge in [-0.2, -0.15) is 12.8 Å².